The molecule has 0 saturated carbocycles. The minimum atomic E-state index is 0.191. The first kappa shape index (κ1) is 15.0. The predicted octanol–water partition coefficient (Wildman–Crippen LogP) is 2.50. The van der Waals surface area contributed by atoms with E-state index in [1.54, 1.807) is 7.11 Å². The lowest BCUT2D eigenvalue weighted by molar-refractivity contribution is 0.185. The van der Waals surface area contributed by atoms with Crippen LogP contribution in [0.15, 0.2) is 24.3 Å². The maximum absolute atomic E-state index is 5.86. The summed E-state index contributed by atoms with van der Waals surface area (Å²) in [5, 5.41) is 0. The molecule has 0 bridgehead atoms. The summed E-state index contributed by atoms with van der Waals surface area (Å²) in [7, 11) is 3.85. The monoisotopic (exact) mass is 250 g/mol. The molecule has 1 atom stereocenters. The fraction of sp³-hybridized carbons (Fsp3) is 0.600. The summed E-state index contributed by atoms with van der Waals surface area (Å²) in [6, 6.07) is 8.16. The van der Waals surface area contributed by atoms with Gasteiger partial charge in [-0.15, -0.1) is 0 Å². The smallest absolute Gasteiger partial charge is 0.123 e. The number of para-hydroxylation sites is 1. The number of hydrogen-bond donors (Lipinski definition) is 1. The van der Waals surface area contributed by atoms with Crippen molar-refractivity contribution < 1.29 is 4.74 Å². The van der Waals surface area contributed by atoms with Gasteiger partial charge in [0, 0.05) is 18.7 Å². The number of methoxy groups -OCH3 is 1. The molecular formula is C15H26N2O. The molecule has 3 nitrogen and oxygen atoms in total. The van der Waals surface area contributed by atoms with Gasteiger partial charge in [0.1, 0.15) is 5.75 Å². The van der Waals surface area contributed by atoms with Crippen LogP contribution in [0.4, 0.5) is 0 Å². The van der Waals surface area contributed by atoms with Crippen LogP contribution in [0, 0.1) is 5.41 Å². The van der Waals surface area contributed by atoms with Crippen LogP contribution >= 0.6 is 0 Å². The molecule has 3 heteroatoms. The first-order chi connectivity index (χ1) is 8.54. The van der Waals surface area contributed by atoms with Crippen LogP contribution in [0.3, 0.4) is 0 Å². The fourth-order valence-corrected chi connectivity index (χ4v) is 2.15. The molecule has 1 unspecified atom stereocenters. The molecule has 0 aliphatic heterocycles. The van der Waals surface area contributed by atoms with Crippen molar-refractivity contribution in [1.82, 2.24) is 4.90 Å². The van der Waals surface area contributed by atoms with Crippen LogP contribution in [-0.2, 0) is 6.54 Å². The number of nitrogens with two attached hydrogens (primary N) is 1. The molecule has 0 heterocycles. The summed E-state index contributed by atoms with van der Waals surface area (Å²) in [6.45, 7) is 7.05. The van der Waals surface area contributed by atoms with E-state index in [4.69, 9.17) is 10.5 Å². The van der Waals surface area contributed by atoms with Gasteiger partial charge in [-0.2, -0.15) is 0 Å². The molecule has 0 aliphatic carbocycles. The Morgan fingerprint density at radius 3 is 2.56 bits per heavy atom. The first-order valence-corrected chi connectivity index (χ1v) is 6.55. The molecule has 18 heavy (non-hydrogen) atoms. The van der Waals surface area contributed by atoms with Crippen LogP contribution < -0.4 is 10.5 Å². The van der Waals surface area contributed by atoms with Crippen molar-refractivity contribution in [3.05, 3.63) is 29.8 Å². The Kier molecular flexibility index (Phi) is 5.63. The average Bonchev–Trinajstić information content (AvgIpc) is 2.39. The van der Waals surface area contributed by atoms with Gasteiger partial charge in [0.05, 0.1) is 7.11 Å². The number of hydrogen-bond acceptors (Lipinski definition) is 3. The summed E-state index contributed by atoms with van der Waals surface area (Å²) < 4.78 is 5.38. The van der Waals surface area contributed by atoms with E-state index >= 15 is 0 Å². The highest BCUT2D eigenvalue weighted by Crippen LogP contribution is 2.23. The minimum absolute atomic E-state index is 0.191. The van der Waals surface area contributed by atoms with Gasteiger partial charge in [-0.3, -0.25) is 0 Å². The average molecular weight is 250 g/mol. The highest BCUT2D eigenvalue weighted by atomic mass is 16.5. The van der Waals surface area contributed by atoms with E-state index in [9.17, 15) is 0 Å². The summed E-state index contributed by atoms with van der Waals surface area (Å²) in [4.78, 5) is 2.31. The maximum Gasteiger partial charge on any atom is 0.123 e. The third kappa shape index (κ3) is 4.00. The topological polar surface area (TPSA) is 38.5 Å². The van der Waals surface area contributed by atoms with E-state index in [1.165, 1.54) is 5.56 Å². The zero-order valence-corrected chi connectivity index (χ0v) is 12.1. The van der Waals surface area contributed by atoms with E-state index in [1.807, 2.05) is 18.2 Å². The molecule has 0 radical (unpaired) electrons. The molecule has 0 aromatic heterocycles. The molecular weight excluding hydrogens is 224 g/mol. The second kappa shape index (κ2) is 6.76. The van der Waals surface area contributed by atoms with Crippen molar-refractivity contribution in [2.75, 3.05) is 27.2 Å². The molecule has 0 spiro atoms. The van der Waals surface area contributed by atoms with Gasteiger partial charge in [-0.05, 0) is 31.5 Å². The van der Waals surface area contributed by atoms with Crippen LogP contribution in [0.25, 0.3) is 0 Å². The molecule has 2 N–H and O–H groups in total. The molecule has 0 aliphatic rings. The summed E-state index contributed by atoms with van der Waals surface area (Å²) in [5.41, 5.74) is 7.28. The van der Waals surface area contributed by atoms with Crippen molar-refractivity contribution in [1.29, 1.82) is 0 Å². The first-order valence-electron chi connectivity index (χ1n) is 6.55. The SMILES string of the molecule is CCC(C)(CN)CN(C)Cc1ccccc1OC. The Bertz CT molecular complexity index is 361. The van der Waals surface area contributed by atoms with E-state index in [0.29, 0.717) is 0 Å². The minimum Gasteiger partial charge on any atom is -0.496 e. The molecule has 0 saturated heterocycles. The van der Waals surface area contributed by atoms with Crippen LogP contribution in [-0.4, -0.2) is 32.1 Å². The lowest BCUT2D eigenvalue weighted by Crippen LogP contribution is -2.38. The highest BCUT2D eigenvalue weighted by molar-refractivity contribution is 5.33. The molecule has 0 amide bonds. The quantitative estimate of drug-likeness (QED) is 0.808. The second-order valence-electron chi connectivity index (χ2n) is 5.35. The third-order valence-corrected chi connectivity index (χ3v) is 3.63. The standard InChI is InChI=1S/C15H26N2O/c1-5-15(2,11-16)12-17(3)10-13-8-6-7-9-14(13)18-4/h6-9H,5,10-12,16H2,1-4H3. The van der Waals surface area contributed by atoms with E-state index < -0.39 is 0 Å². The Morgan fingerprint density at radius 1 is 1.33 bits per heavy atom. The van der Waals surface area contributed by atoms with Crippen LogP contribution in [0.2, 0.25) is 0 Å². The molecule has 1 aromatic rings. The number of rotatable bonds is 7. The van der Waals surface area contributed by atoms with Gasteiger partial charge in [0.2, 0.25) is 0 Å². The maximum atomic E-state index is 5.86. The molecule has 0 fully saturated rings. The Labute approximate surface area is 111 Å². The Hall–Kier alpha value is -1.06. The van der Waals surface area contributed by atoms with Crippen molar-refractivity contribution in [2.45, 2.75) is 26.8 Å². The Balaban J connectivity index is 2.67. The van der Waals surface area contributed by atoms with Crippen molar-refractivity contribution >= 4 is 0 Å². The van der Waals surface area contributed by atoms with Gasteiger partial charge in [0.15, 0.2) is 0 Å². The molecule has 1 rings (SSSR count). The van der Waals surface area contributed by atoms with Crippen molar-refractivity contribution in [2.24, 2.45) is 11.1 Å². The lowest BCUT2D eigenvalue weighted by Gasteiger charge is -2.32. The fourth-order valence-electron chi connectivity index (χ4n) is 2.15. The summed E-state index contributed by atoms with van der Waals surface area (Å²) in [6.07, 6.45) is 1.10. The Morgan fingerprint density at radius 2 is 2.00 bits per heavy atom. The normalized spacial score (nSPS) is 14.6. The van der Waals surface area contributed by atoms with E-state index in [2.05, 4.69) is 31.9 Å². The van der Waals surface area contributed by atoms with Crippen molar-refractivity contribution in [3.8, 4) is 5.75 Å². The number of ether oxygens (including phenoxy) is 1. The second-order valence-corrected chi connectivity index (χ2v) is 5.35. The van der Waals surface area contributed by atoms with Crippen LogP contribution in [0.1, 0.15) is 25.8 Å². The zero-order chi connectivity index (χ0) is 13.6. The lowest BCUT2D eigenvalue weighted by atomic mass is 9.87. The predicted molar refractivity (Wildman–Crippen MR) is 76.8 cm³/mol. The number of benzene rings is 1. The highest BCUT2D eigenvalue weighted by Gasteiger charge is 2.22. The van der Waals surface area contributed by atoms with Gasteiger partial charge in [-0.1, -0.05) is 32.0 Å². The molecule has 102 valence electrons. The van der Waals surface area contributed by atoms with E-state index in [-0.39, 0.29) is 5.41 Å². The third-order valence-electron chi connectivity index (χ3n) is 3.63. The summed E-state index contributed by atoms with van der Waals surface area (Å²) >= 11 is 0. The van der Waals surface area contributed by atoms with E-state index in [0.717, 1.165) is 31.8 Å². The van der Waals surface area contributed by atoms with Crippen molar-refractivity contribution in [3.63, 3.8) is 0 Å². The van der Waals surface area contributed by atoms with Gasteiger partial charge in [-0.25, -0.2) is 0 Å². The van der Waals surface area contributed by atoms with Gasteiger partial charge >= 0.3 is 0 Å². The largest absolute Gasteiger partial charge is 0.496 e. The van der Waals surface area contributed by atoms with Gasteiger partial charge < -0.3 is 15.4 Å². The molecule has 1 aromatic carbocycles. The summed E-state index contributed by atoms with van der Waals surface area (Å²) in [5.74, 6) is 0.954. The van der Waals surface area contributed by atoms with Crippen LogP contribution in [0.5, 0.6) is 5.75 Å². The van der Waals surface area contributed by atoms with Gasteiger partial charge in [0.25, 0.3) is 0 Å². The number of nitrogens with zero attached hydrogens (tertiary/aromatic N) is 1. The zero-order valence-electron chi connectivity index (χ0n) is 12.1.